The highest BCUT2D eigenvalue weighted by atomic mass is 19.1. The first-order chi connectivity index (χ1) is 8.84. The van der Waals surface area contributed by atoms with Crippen LogP contribution in [0.4, 0.5) is 4.39 Å². The number of halogens is 1. The lowest BCUT2D eigenvalue weighted by molar-refractivity contribution is 0.628. The molecule has 1 heterocycles. The van der Waals surface area contributed by atoms with Gasteiger partial charge in [-0.1, -0.05) is 30.3 Å². The highest BCUT2D eigenvalue weighted by Gasteiger charge is 2.12. The molecular weight excluding hydrogens is 225 g/mol. The highest BCUT2D eigenvalue weighted by Crippen LogP contribution is 2.28. The van der Waals surface area contributed by atoms with Gasteiger partial charge < -0.3 is 5.32 Å². The summed E-state index contributed by atoms with van der Waals surface area (Å²) < 4.78 is 13.0. The lowest BCUT2D eigenvalue weighted by Crippen LogP contribution is -2.16. The summed E-state index contributed by atoms with van der Waals surface area (Å²) in [5.41, 5.74) is 5.18. The Hall–Kier alpha value is -1.67. The Morgan fingerprint density at radius 1 is 0.889 bits per heavy atom. The average molecular weight is 241 g/mol. The van der Waals surface area contributed by atoms with Crippen LogP contribution in [0.1, 0.15) is 11.1 Å². The summed E-state index contributed by atoms with van der Waals surface area (Å²) >= 11 is 0. The van der Waals surface area contributed by atoms with Crippen molar-refractivity contribution < 1.29 is 4.39 Å². The van der Waals surface area contributed by atoms with Crippen molar-refractivity contribution in [1.29, 1.82) is 0 Å². The smallest absolute Gasteiger partial charge is 0.123 e. The molecule has 92 valence electrons. The monoisotopic (exact) mass is 241 g/mol. The zero-order valence-corrected chi connectivity index (χ0v) is 10.2. The molecule has 18 heavy (non-hydrogen) atoms. The van der Waals surface area contributed by atoms with Crippen molar-refractivity contribution in [3.8, 4) is 11.1 Å². The van der Waals surface area contributed by atoms with Crippen molar-refractivity contribution in [1.82, 2.24) is 5.32 Å². The predicted molar refractivity (Wildman–Crippen MR) is 72.1 cm³/mol. The van der Waals surface area contributed by atoms with E-state index in [4.69, 9.17) is 0 Å². The molecule has 1 N–H and O–H groups in total. The minimum Gasteiger partial charge on any atom is -0.316 e. The molecule has 2 aromatic carbocycles. The van der Waals surface area contributed by atoms with Crippen LogP contribution in [0.2, 0.25) is 0 Å². The Morgan fingerprint density at radius 3 is 2.50 bits per heavy atom. The maximum atomic E-state index is 13.0. The molecule has 0 fully saturated rings. The Balaban J connectivity index is 2.09. The van der Waals surface area contributed by atoms with Gasteiger partial charge in [-0.25, -0.2) is 4.39 Å². The SMILES string of the molecule is Fc1ccc(-c2cccc3c2CCNCC3)cc1. The predicted octanol–water partition coefficient (Wildman–Crippen LogP) is 3.18. The van der Waals surface area contributed by atoms with Crippen LogP contribution < -0.4 is 5.32 Å². The van der Waals surface area contributed by atoms with Gasteiger partial charge in [0.15, 0.2) is 0 Å². The van der Waals surface area contributed by atoms with Gasteiger partial charge >= 0.3 is 0 Å². The lowest BCUT2D eigenvalue weighted by Gasteiger charge is -2.12. The summed E-state index contributed by atoms with van der Waals surface area (Å²) in [7, 11) is 0. The van der Waals surface area contributed by atoms with E-state index in [9.17, 15) is 4.39 Å². The molecule has 0 amide bonds. The molecule has 0 saturated heterocycles. The average Bonchev–Trinajstić information content (AvgIpc) is 2.64. The molecule has 1 aliphatic rings. The van der Waals surface area contributed by atoms with Gasteiger partial charge in [-0.05, 0) is 60.3 Å². The number of hydrogen-bond donors (Lipinski definition) is 1. The topological polar surface area (TPSA) is 12.0 Å². The fourth-order valence-electron chi connectivity index (χ4n) is 2.63. The minimum absolute atomic E-state index is 0.178. The molecule has 0 aromatic heterocycles. The van der Waals surface area contributed by atoms with Crippen LogP contribution >= 0.6 is 0 Å². The second-order valence-electron chi connectivity index (χ2n) is 4.70. The van der Waals surface area contributed by atoms with Crippen LogP contribution in [-0.2, 0) is 12.8 Å². The van der Waals surface area contributed by atoms with E-state index >= 15 is 0 Å². The van der Waals surface area contributed by atoms with Crippen LogP contribution in [0.5, 0.6) is 0 Å². The minimum atomic E-state index is -0.178. The Labute approximate surface area is 107 Å². The molecule has 0 radical (unpaired) electrons. The Kier molecular flexibility index (Phi) is 3.11. The normalized spacial score (nSPS) is 14.9. The van der Waals surface area contributed by atoms with Crippen LogP contribution in [0, 0.1) is 5.82 Å². The van der Waals surface area contributed by atoms with Gasteiger partial charge in [0.1, 0.15) is 5.82 Å². The Bertz CT molecular complexity index is 546. The third-order valence-corrected chi connectivity index (χ3v) is 3.55. The van der Waals surface area contributed by atoms with E-state index in [1.807, 2.05) is 12.1 Å². The van der Waals surface area contributed by atoms with E-state index in [0.717, 1.165) is 31.5 Å². The summed E-state index contributed by atoms with van der Waals surface area (Å²) in [4.78, 5) is 0. The van der Waals surface area contributed by atoms with Crippen molar-refractivity contribution in [2.75, 3.05) is 13.1 Å². The summed E-state index contributed by atoms with van der Waals surface area (Å²) in [5.74, 6) is -0.178. The number of hydrogen-bond acceptors (Lipinski definition) is 1. The molecule has 0 atom stereocenters. The summed E-state index contributed by atoms with van der Waals surface area (Å²) in [5, 5.41) is 3.42. The fraction of sp³-hybridized carbons (Fsp3) is 0.250. The second-order valence-corrected chi connectivity index (χ2v) is 4.70. The molecule has 0 bridgehead atoms. The molecule has 1 aliphatic heterocycles. The van der Waals surface area contributed by atoms with E-state index in [2.05, 4.69) is 23.5 Å². The van der Waals surface area contributed by atoms with E-state index in [-0.39, 0.29) is 5.82 Å². The van der Waals surface area contributed by atoms with Crippen LogP contribution in [0.15, 0.2) is 42.5 Å². The lowest BCUT2D eigenvalue weighted by atomic mass is 9.93. The Morgan fingerprint density at radius 2 is 1.67 bits per heavy atom. The van der Waals surface area contributed by atoms with Gasteiger partial charge in [0, 0.05) is 0 Å². The molecule has 0 unspecified atom stereocenters. The largest absolute Gasteiger partial charge is 0.316 e. The summed E-state index contributed by atoms with van der Waals surface area (Å²) in [6.45, 7) is 2.06. The second kappa shape index (κ2) is 4.91. The van der Waals surface area contributed by atoms with Crippen LogP contribution in [-0.4, -0.2) is 13.1 Å². The number of fused-ring (bicyclic) bond motifs is 1. The third kappa shape index (κ3) is 2.16. The number of nitrogens with one attached hydrogen (secondary N) is 1. The van der Waals surface area contributed by atoms with E-state index in [1.54, 1.807) is 0 Å². The summed E-state index contributed by atoms with van der Waals surface area (Å²) in [6, 6.07) is 13.2. The van der Waals surface area contributed by atoms with E-state index in [0.29, 0.717) is 0 Å². The van der Waals surface area contributed by atoms with Gasteiger partial charge in [-0.2, -0.15) is 0 Å². The van der Waals surface area contributed by atoms with Crippen molar-refractivity contribution in [3.63, 3.8) is 0 Å². The molecular formula is C16H16FN. The zero-order valence-electron chi connectivity index (χ0n) is 10.2. The van der Waals surface area contributed by atoms with E-state index in [1.165, 1.54) is 28.8 Å². The highest BCUT2D eigenvalue weighted by molar-refractivity contribution is 5.69. The standard InChI is InChI=1S/C16H16FN/c17-14-6-4-13(5-7-14)15-3-1-2-12-8-10-18-11-9-16(12)15/h1-7,18H,8-11H2. The van der Waals surface area contributed by atoms with Crippen molar-refractivity contribution >= 4 is 0 Å². The fourth-order valence-corrected chi connectivity index (χ4v) is 2.63. The van der Waals surface area contributed by atoms with Crippen molar-refractivity contribution in [3.05, 3.63) is 59.4 Å². The molecule has 2 heteroatoms. The van der Waals surface area contributed by atoms with Gasteiger partial charge in [0.25, 0.3) is 0 Å². The molecule has 1 nitrogen and oxygen atoms in total. The number of rotatable bonds is 1. The molecule has 0 spiro atoms. The number of benzene rings is 2. The molecule has 0 aliphatic carbocycles. The first kappa shape index (κ1) is 11.4. The van der Waals surface area contributed by atoms with Crippen LogP contribution in [0.25, 0.3) is 11.1 Å². The first-order valence-electron chi connectivity index (χ1n) is 6.42. The van der Waals surface area contributed by atoms with Crippen LogP contribution in [0.3, 0.4) is 0 Å². The maximum absolute atomic E-state index is 13.0. The molecule has 0 saturated carbocycles. The zero-order chi connectivity index (χ0) is 12.4. The van der Waals surface area contributed by atoms with Crippen molar-refractivity contribution in [2.24, 2.45) is 0 Å². The molecule has 3 rings (SSSR count). The van der Waals surface area contributed by atoms with Gasteiger partial charge in [-0.3, -0.25) is 0 Å². The van der Waals surface area contributed by atoms with Gasteiger partial charge in [0.05, 0.1) is 0 Å². The van der Waals surface area contributed by atoms with E-state index < -0.39 is 0 Å². The van der Waals surface area contributed by atoms with Gasteiger partial charge in [-0.15, -0.1) is 0 Å². The maximum Gasteiger partial charge on any atom is 0.123 e. The quantitative estimate of drug-likeness (QED) is 0.808. The molecule has 2 aromatic rings. The van der Waals surface area contributed by atoms with Gasteiger partial charge in [0.2, 0.25) is 0 Å². The van der Waals surface area contributed by atoms with Crippen molar-refractivity contribution in [2.45, 2.75) is 12.8 Å². The first-order valence-corrected chi connectivity index (χ1v) is 6.42. The third-order valence-electron chi connectivity index (χ3n) is 3.55. The summed E-state index contributed by atoms with van der Waals surface area (Å²) in [6.07, 6.45) is 2.12.